The average Bonchev–Trinajstić information content (AvgIpc) is 2.95. The first-order valence-corrected chi connectivity index (χ1v) is 7.41. The first-order chi connectivity index (χ1) is 8.93. The van der Waals surface area contributed by atoms with Gasteiger partial charge in [-0.1, -0.05) is 12.8 Å². The van der Waals surface area contributed by atoms with E-state index < -0.39 is 0 Å². The van der Waals surface area contributed by atoms with Crippen LogP contribution < -0.4 is 0 Å². The largest absolute Gasteiger partial charge is 0.379 e. The molecule has 0 aromatic carbocycles. The third kappa shape index (κ3) is 2.60. The van der Waals surface area contributed by atoms with Crippen LogP contribution in [0.5, 0.6) is 0 Å². The highest BCUT2D eigenvalue weighted by atomic mass is 15.2. The average molecular weight is 263 g/mol. The molecule has 0 N–H and O–H groups in total. The van der Waals surface area contributed by atoms with Gasteiger partial charge in [-0.25, -0.2) is 0 Å². The Morgan fingerprint density at radius 2 is 1.42 bits per heavy atom. The lowest BCUT2D eigenvalue weighted by molar-refractivity contribution is 0.351. The third-order valence-electron chi connectivity index (χ3n) is 4.46. The summed E-state index contributed by atoms with van der Waals surface area (Å²) in [6.07, 6.45) is 8.09. The smallest absolute Gasteiger partial charge is 0.0796 e. The van der Waals surface area contributed by atoms with Crippen LogP contribution in [-0.4, -0.2) is 57.0 Å². The predicted octanol–water partition coefficient (Wildman–Crippen LogP) is 2.59. The number of nitrogens with zero attached hydrogens (tertiary/aromatic N) is 3. The van der Waals surface area contributed by atoms with E-state index in [0.717, 1.165) is 5.92 Å². The van der Waals surface area contributed by atoms with Crippen molar-refractivity contribution in [2.45, 2.75) is 25.7 Å². The first-order valence-electron chi connectivity index (χ1n) is 7.41. The van der Waals surface area contributed by atoms with E-state index in [1.54, 1.807) is 0 Å². The molecule has 0 aliphatic heterocycles. The van der Waals surface area contributed by atoms with E-state index in [-0.39, 0.29) is 0 Å². The van der Waals surface area contributed by atoms with Gasteiger partial charge >= 0.3 is 0 Å². The number of likely N-dealkylation sites (N-methyl/N-ethyl adjacent to an activating group) is 2. The van der Waals surface area contributed by atoms with E-state index in [4.69, 9.17) is 0 Å². The van der Waals surface area contributed by atoms with Crippen molar-refractivity contribution in [1.29, 1.82) is 0 Å². The second-order valence-corrected chi connectivity index (χ2v) is 6.54. The summed E-state index contributed by atoms with van der Waals surface area (Å²) in [6, 6.07) is 0. The lowest BCUT2D eigenvalue weighted by Gasteiger charge is -2.30. The highest BCUT2D eigenvalue weighted by molar-refractivity contribution is 5.42. The zero-order valence-electron chi connectivity index (χ0n) is 13.4. The fraction of sp³-hybridized carbons (Fsp3) is 0.750. The molecule has 108 valence electrons. The van der Waals surface area contributed by atoms with Gasteiger partial charge < -0.3 is 14.7 Å². The maximum Gasteiger partial charge on any atom is 0.0796 e. The van der Waals surface area contributed by atoms with Crippen LogP contribution in [0.2, 0.25) is 0 Å². The van der Waals surface area contributed by atoms with Gasteiger partial charge in [0.05, 0.1) is 11.4 Å². The Balaban J connectivity index is 2.42. The predicted molar refractivity (Wildman–Crippen MR) is 81.6 cm³/mol. The minimum atomic E-state index is 0.604. The van der Waals surface area contributed by atoms with Crippen LogP contribution in [0, 0.1) is 11.8 Å². The number of rotatable bonds is 4. The van der Waals surface area contributed by atoms with Crippen molar-refractivity contribution < 1.29 is 0 Å². The van der Waals surface area contributed by atoms with Crippen LogP contribution in [0.4, 0.5) is 0 Å². The van der Waals surface area contributed by atoms with Crippen molar-refractivity contribution in [2.24, 2.45) is 11.8 Å². The van der Waals surface area contributed by atoms with Gasteiger partial charge in [-0.05, 0) is 24.8 Å². The Morgan fingerprint density at radius 3 is 1.84 bits per heavy atom. The summed E-state index contributed by atoms with van der Waals surface area (Å²) in [5.41, 5.74) is 4.28. The van der Waals surface area contributed by atoms with Gasteiger partial charge in [0.2, 0.25) is 0 Å². The van der Waals surface area contributed by atoms with Crippen LogP contribution in [-0.2, 0) is 0 Å². The Labute approximate surface area is 118 Å². The summed E-state index contributed by atoms with van der Waals surface area (Å²) < 4.78 is 0. The van der Waals surface area contributed by atoms with E-state index in [0.29, 0.717) is 5.92 Å². The molecule has 0 heterocycles. The van der Waals surface area contributed by atoms with Crippen molar-refractivity contribution >= 4 is 0 Å². The van der Waals surface area contributed by atoms with E-state index in [2.05, 4.69) is 63.1 Å². The molecular weight excluding hydrogens is 234 g/mol. The molecule has 3 nitrogen and oxygen atoms in total. The zero-order valence-corrected chi connectivity index (χ0v) is 13.4. The molecule has 0 amide bonds. The number of hydrogen-bond donors (Lipinski definition) is 0. The van der Waals surface area contributed by atoms with Gasteiger partial charge in [-0.2, -0.15) is 0 Å². The fourth-order valence-electron chi connectivity index (χ4n) is 3.62. The molecule has 0 aromatic rings. The monoisotopic (exact) mass is 263 g/mol. The summed E-state index contributed by atoms with van der Waals surface area (Å²) in [6.45, 7) is 0. The van der Waals surface area contributed by atoms with Gasteiger partial charge in [-0.3, -0.25) is 0 Å². The minimum absolute atomic E-state index is 0.604. The summed E-state index contributed by atoms with van der Waals surface area (Å²) in [4.78, 5) is 6.86. The second kappa shape index (κ2) is 5.48. The second-order valence-electron chi connectivity index (χ2n) is 6.54. The maximum atomic E-state index is 2.50. The molecule has 0 aromatic heterocycles. The minimum Gasteiger partial charge on any atom is -0.379 e. The molecule has 1 unspecified atom stereocenters. The molecule has 0 bridgehead atoms. The van der Waals surface area contributed by atoms with Crippen LogP contribution >= 0.6 is 0 Å². The molecule has 2 rings (SSSR count). The van der Waals surface area contributed by atoms with Crippen molar-refractivity contribution in [1.82, 2.24) is 14.7 Å². The first kappa shape index (κ1) is 14.3. The van der Waals surface area contributed by atoms with Crippen LogP contribution in [0.25, 0.3) is 0 Å². The van der Waals surface area contributed by atoms with Gasteiger partial charge in [0.1, 0.15) is 0 Å². The third-order valence-corrected chi connectivity index (χ3v) is 4.46. The van der Waals surface area contributed by atoms with Crippen LogP contribution in [0.15, 0.2) is 23.2 Å². The Hall–Kier alpha value is -1.12. The summed E-state index contributed by atoms with van der Waals surface area (Å²) >= 11 is 0. The number of allylic oxidation sites excluding steroid dienone is 1. The normalized spacial score (nSPS) is 23.9. The Kier molecular flexibility index (Phi) is 4.12. The van der Waals surface area contributed by atoms with Gasteiger partial charge in [0.15, 0.2) is 0 Å². The van der Waals surface area contributed by atoms with Crippen molar-refractivity contribution in [2.75, 3.05) is 42.3 Å². The maximum absolute atomic E-state index is 2.50. The van der Waals surface area contributed by atoms with Gasteiger partial charge in [0.25, 0.3) is 0 Å². The molecule has 2 aliphatic rings. The summed E-state index contributed by atoms with van der Waals surface area (Å²) in [5, 5.41) is 0. The van der Waals surface area contributed by atoms with Crippen molar-refractivity contribution in [3.63, 3.8) is 0 Å². The highest BCUT2D eigenvalue weighted by Gasteiger charge is 2.36. The molecule has 1 fully saturated rings. The molecule has 19 heavy (non-hydrogen) atoms. The standard InChI is InChI=1S/C16H29N3/c1-17(2)14-11-13(12-9-7-8-10-12)15(18(3)4)16(14)19(5)6/h11-13H,7-10H2,1-6H3. The van der Waals surface area contributed by atoms with Crippen LogP contribution in [0.3, 0.4) is 0 Å². The van der Waals surface area contributed by atoms with E-state index in [9.17, 15) is 0 Å². The molecule has 0 radical (unpaired) electrons. The lowest BCUT2D eigenvalue weighted by Crippen LogP contribution is -2.27. The SMILES string of the molecule is CN(C)C1=CC(C2CCCC2)C(N(C)C)=C1N(C)C. The summed E-state index contributed by atoms with van der Waals surface area (Å²) in [5.74, 6) is 1.44. The summed E-state index contributed by atoms with van der Waals surface area (Å²) in [7, 11) is 13.0. The van der Waals surface area contributed by atoms with Gasteiger partial charge in [0, 0.05) is 53.9 Å². The van der Waals surface area contributed by atoms with E-state index in [1.165, 1.54) is 42.8 Å². The number of hydrogen-bond acceptors (Lipinski definition) is 3. The molecular formula is C16H29N3. The molecule has 3 heteroatoms. The molecule has 1 atom stereocenters. The zero-order chi connectivity index (χ0) is 14.2. The Bertz CT molecular complexity index is 385. The Morgan fingerprint density at radius 1 is 0.842 bits per heavy atom. The van der Waals surface area contributed by atoms with E-state index in [1.807, 2.05) is 0 Å². The molecule has 0 saturated heterocycles. The van der Waals surface area contributed by atoms with E-state index >= 15 is 0 Å². The van der Waals surface area contributed by atoms with Crippen molar-refractivity contribution in [3.05, 3.63) is 23.2 Å². The fourth-order valence-corrected chi connectivity index (χ4v) is 3.62. The molecule has 0 spiro atoms. The molecule has 1 saturated carbocycles. The quantitative estimate of drug-likeness (QED) is 0.772. The molecule has 2 aliphatic carbocycles. The van der Waals surface area contributed by atoms with Crippen molar-refractivity contribution in [3.8, 4) is 0 Å². The topological polar surface area (TPSA) is 9.72 Å². The van der Waals surface area contributed by atoms with Crippen LogP contribution in [0.1, 0.15) is 25.7 Å². The highest BCUT2D eigenvalue weighted by Crippen LogP contribution is 2.43. The van der Waals surface area contributed by atoms with Gasteiger partial charge in [-0.15, -0.1) is 0 Å². The lowest BCUT2D eigenvalue weighted by atomic mass is 9.89.